The quantitative estimate of drug-likeness (QED) is 0.162. The Kier molecular flexibility index (Phi) is 15.5. The van der Waals surface area contributed by atoms with Gasteiger partial charge in [0.2, 0.25) is 11.6 Å². The molecule has 1 aliphatic heterocycles. The highest BCUT2D eigenvalue weighted by Crippen LogP contribution is 2.30. The summed E-state index contributed by atoms with van der Waals surface area (Å²) in [6, 6.07) is 0. The zero-order valence-electron chi connectivity index (χ0n) is 28.0. The van der Waals surface area contributed by atoms with Gasteiger partial charge in [-0.3, -0.25) is 19.2 Å². The standard InChI is InChI=1S/C34H48N4O9/c1-8-14-37-29-23-15-19(2)16-27(45-7)32(46-28(40)12-13-35)22(5)17-21(4)31(47-34(36)43)26(44-6)11-9-10-20(3)33(42)38-24(30(23)41)18-25(29)39/h8-11,17-19,22,26-27,31-32,37H,1,12-16,35H2,2-7H3,(H2,36,43)(H,38,42)/t19-,22-,26-,27-,31-,32-/m1/s1. The first kappa shape index (κ1) is 38.9. The molecule has 0 aromatic carbocycles. The fourth-order valence-corrected chi connectivity index (χ4v) is 5.45. The molecule has 6 N–H and O–H groups in total. The maximum absolute atomic E-state index is 13.7. The first-order valence-corrected chi connectivity index (χ1v) is 15.4. The summed E-state index contributed by atoms with van der Waals surface area (Å²) in [4.78, 5) is 64.6. The molecule has 0 unspecified atom stereocenters. The summed E-state index contributed by atoms with van der Waals surface area (Å²) in [6.07, 6.45) is 5.17. The van der Waals surface area contributed by atoms with Crippen LogP contribution in [0.25, 0.3) is 0 Å². The molecule has 2 amide bonds. The van der Waals surface area contributed by atoms with E-state index in [1.807, 2.05) is 13.8 Å². The minimum Gasteiger partial charge on any atom is -0.459 e. The molecular formula is C34H48N4O9. The third-order valence-electron chi connectivity index (χ3n) is 7.80. The second kappa shape index (κ2) is 18.7. The van der Waals surface area contributed by atoms with E-state index in [9.17, 15) is 24.0 Å². The van der Waals surface area contributed by atoms with E-state index in [2.05, 4.69) is 17.2 Å². The van der Waals surface area contributed by atoms with Gasteiger partial charge in [-0.1, -0.05) is 44.2 Å². The Bertz CT molecular complexity index is 1360. The molecule has 0 aromatic rings. The topological polar surface area (TPSA) is 198 Å². The number of nitrogens with one attached hydrogen (secondary N) is 2. The van der Waals surface area contributed by atoms with Crippen molar-refractivity contribution in [1.82, 2.24) is 10.6 Å². The molecule has 258 valence electrons. The molecule has 0 saturated carbocycles. The zero-order chi connectivity index (χ0) is 35.3. The number of carbonyl (C=O) groups is 5. The van der Waals surface area contributed by atoms with Gasteiger partial charge < -0.3 is 41.0 Å². The number of allylic oxidation sites excluding steroid dienone is 4. The van der Waals surface area contributed by atoms with Crippen LogP contribution in [0.5, 0.6) is 0 Å². The number of nitrogens with two attached hydrogens (primary N) is 2. The number of methoxy groups -OCH3 is 2. The molecule has 2 rings (SSSR count). The highest BCUT2D eigenvalue weighted by Gasteiger charge is 2.35. The van der Waals surface area contributed by atoms with Crippen LogP contribution < -0.4 is 22.1 Å². The Labute approximate surface area is 276 Å². The molecule has 0 spiro atoms. The molecule has 13 nitrogen and oxygen atoms in total. The van der Waals surface area contributed by atoms with Crippen molar-refractivity contribution >= 4 is 29.5 Å². The van der Waals surface area contributed by atoms with Gasteiger partial charge in [0.1, 0.15) is 12.2 Å². The predicted molar refractivity (Wildman–Crippen MR) is 175 cm³/mol. The van der Waals surface area contributed by atoms with Crippen molar-refractivity contribution in [2.75, 3.05) is 27.3 Å². The van der Waals surface area contributed by atoms with Gasteiger partial charge in [-0.25, -0.2) is 4.79 Å². The minimum atomic E-state index is -1.03. The Morgan fingerprint density at radius 2 is 1.83 bits per heavy atom. The summed E-state index contributed by atoms with van der Waals surface area (Å²) >= 11 is 0. The molecule has 0 saturated heterocycles. The number of amides is 2. The molecule has 2 aliphatic rings. The molecule has 0 radical (unpaired) electrons. The van der Waals surface area contributed by atoms with E-state index in [0.29, 0.717) is 12.0 Å². The number of Topliss-reactive ketones (excluding diaryl/α,β-unsaturated/α-hetero) is 1. The van der Waals surface area contributed by atoms with Gasteiger partial charge in [-0.15, -0.1) is 6.58 Å². The maximum Gasteiger partial charge on any atom is 0.405 e. The summed E-state index contributed by atoms with van der Waals surface area (Å²) in [5.74, 6) is -2.84. The maximum atomic E-state index is 13.7. The van der Waals surface area contributed by atoms with Crippen LogP contribution in [0, 0.1) is 11.8 Å². The number of carbonyl (C=O) groups excluding carboxylic acids is 5. The number of esters is 1. The third-order valence-corrected chi connectivity index (χ3v) is 7.80. The second-order valence-corrected chi connectivity index (χ2v) is 11.6. The Morgan fingerprint density at radius 3 is 2.43 bits per heavy atom. The lowest BCUT2D eigenvalue weighted by molar-refractivity contribution is -0.160. The monoisotopic (exact) mass is 656 g/mol. The first-order chi connectivity index (χ1) is 22.3. The van der Waals surface area contributed by atoms with Gasteiger partial charge >= 0.3 is 12.1 Å². The summed E-state index contributed by atoms with van der Waals surface area (Å²) in [6.45, 7) is 11.0. The molecule has 6 atom stereocenters. The van der Waals surface area contributed by atoms with Crippen LogP contribution in [0.2, 0.25) is 0 Å². The lowest BCUT2D eigenvalue weighted by atomic mass is 9.85. The third kappa shape index (κ3) is 11.2. The lowest BCUT2D eigenvalue weighted by Gasteiger charge is -2.32. The lowest BCUT2D eigenvalue weighted by Crippen LogP contribution is -2.40. The average Bonchev–Trinajstić information content (AvgIpc) is 3.01. The Balaban J connectivity index is 2.74. The summed E-state index contributed by atoms with van der Waals surface area (Å²) in [5.41, 5.74) is 12.0. The van der Waals surface area contributed by atoms with E-state index in [0.717, 1.165) is 6.08 Å². The van der Waals surface area contributed by atoms with Crippen molar-refractivity contribution in [3.63, 3.8) is 0 Å². The number of ketones is 2. The normalized spacial score (nSPS) is 26.4. The smallest absolute Gasteiger partial charge is 0.405 e. The van der Waals surface area contributed by atoms with Crippen molar-refractivity contribution in [3.05, 3.63) is 71.1 Å². The fourth-order valence-electron chi connectivity index (χ4n) is 5.45. The van der Waals surface area contributed by atoms with Crippen LogP contribution in [-0.4, -0.2) is 81.3 Å². The van der Waals surface area contributed by atoms with E-state index in [1.165, 1.54) is 33.3 Å². The SMILES string of the molecule is C=CCNC1=C2C[C@@H](C)C[C@@H](OC)[C@H](OC(=O)CCN)[C@H](C)C=C(C)[C@@H](OC(N)=O)[C@H](OC)C=CC=C(C)C(=O)NC(=CC1=O)C2=O. The van der Waals surface area contributed by atoms with Crippen LogP contribution in [0.1, 0.15) is 47.0 Å². The molecule has 0 aromatic heterocycles. The second-order valence-electron chi connectivity index (χ2n) is 11.6. The van der Waals surface area contributed by atoms with E-state index in [4.69, 9.17) is 30.4 Å². The summed E-state index contributed by atoms with van der Waals surface area (Å²) in [7, 11) is 2.91. The van der Waals surface area contributed by atoms with Crippen molar-refractivity contribution in [1.29, 1.82) is 0 Å². The number of fused-ring (bicyclic) bond motifs is 2. The number of primary amides is 1. The van der Waals surface area contributed by atoms with Crippen LogP contribution in [0.3, 0.4) is 0 Å². The number of hydrogen-bond donors (Lipinski definition) is 4. The Morgan fingerprint density at radius 1 is 1.13 bits per heavy atom. The predicted octanol–water partition coefficient (Wildman–Crippen LogP) is 2.44. The van der Waals surface area contributed by atoms with E-state index < -0.39 is 59.9 Å². The molecule has 47 heavy (non-hydrogen) atoms. The number of hydrogen-bond acceptors (Lipinski definition) is 11. The number of ether oxygens (including phenoxy) is 4. The van der Waals surface area contributed by atoms with Gasteiger partial charge in [0, 0.05) is 50.4 Å². The average molecular weight is 657 g/mol. The van der Waals surface area contributed by atoms with E-state index in [1.54, 1.807) is 25.2 Å². The molecule has 0 fully saturated rings. The molecule has 13 heteroatoms. The van der Waals surface area contributed by atoms with Crippen LogP contribution in [0.4, 0.5) is 4.79 Å². The first-order valence-electron chi connectivity index (χ1n) is 15.4. The Hall–Kier alpha value is -4.33. The molecular weight excluding hydrogens is 608 g/mol. The van der Waals surface area contributed by atoms with Gasteiger partial charge in [0.05, 0.1) is 23.9 Å². The molecule has 1 heterocycles. The van der Waals surface area contributed by atoms with Crippen LogP contribution in [0.15, 0.2) is 71.1 Å². The van der Waals surface area contributed by atoms with Crippen molar-refractivity contribution in [2.24, 2.45) is 23.3 Å². The van der Waals surface area contributed by atoms with Crippen molar-refractivity contribution < 1.29 is 42.9 Å². The number of rotatable bonds is 9. The van der Waals surface area contributed by atoms with Gasteiger partial charge in [-0.05, 0) is 38.2 Å². The van der Waals surface area contributed by atoms with Crippen LogP contribution in [-0.2, 0) is 38.1 Å². The molecule has 1 aliphatic carbocycles. The minimum absolute atomic E-state index is 0.0164. The largest absolute Gasteiger partial charge is 0.459 e. The van der Waals surface area contributed by atoms with Crippen molar-refractivity contribution in [3.8, 4) is 0 Å². The van der Waals surface area contributed by atoms with Gasteiger partial charge in [0.25, 0.3) is 5.91 Å². The highest BCUT2D eigenvalue weighted by atomic mass is 16.6. The zero-order valence-corrected chi connectivity index (χ0v) is 28.0. The van der Waals surface area contributed by atoms with Gasteiger partial charge in [0.15, 0.2) is 6.10 Å². The fraction of sp³-hybridized carbons (Fsp3) is 0.500. The highest BCUT2D eigenvalue weighted by molar-refractivity contribution is 6.23. The van der Waals surface area contributed by atoms with E-state index in [-0.39, 0.29) is 54.4 Å². The van der Waals surface area contributed by atoms with E-state index >= 15 is 0 Å². The van der Waals surface area contributed by atoms with Crippen molar-refractivity contribution in [2.45, 2.75) is 71.4 Å². The molecule has 2 bridgehead atoms. The van der Waals surface area contributed by atoms with Gasteiger partial charge in [-0.2, -0.15) is 0 Å². The summed E-state index contributed by atoms with van der Waals surface area (Å²) in [5, 5.41) is 5.54. The van der Waals surface area contributed by atoms with Crippen LogP contribution >= 0.6 is 0 Å². The summed E-state index contributed by atoms with van der Waals surface area (Å²) < 4.78 is 22.8.